The van der Waals surface area contributed by atoms with Crippen molar-refractivity contribution in [3.63, 3.8) is 0 Å². The van der Waals surface area contributed by atoms with Crippen LogP contribution >= 0.6 is 23.4 Å². The lowest BCUT2D eigenvalue weighted by Crippen LogP contribution is -2.50. The molecule has 0 aliphatic carbocycles. The predicted molar refractivity (Wildman–Crippen MR) is 106 cm³/mol. The number of carbonyl (C=O) groups excluding carboxylic acids is 1. The van der Waals surface area contributed by atoms with Crippen molar-refractivity contribution in [2.75, 3.05) is 29.4 Å². The minimum Gasteiger partial charge on any atom is -0.476 e. The zero-order valence-corrected chi connectivity index (χ0v) is 16.9. The fraction of sp³-hybridized carbons (Fsp3) is 0.353. The molecule has 27 heavy (non-hydrogen) atoms. The van der Waals surface area contributed by atoms with Gasteiger partial charge in [0.05, 0.1) is 30.5 Å². The van der Waals surface area contributed by atoms with E-state index < -0.39 is 16.1 Å². The van der Waals surface area contributed by atoms with Crippen LogP contribution in [0.1, 0.15) is 5.76 Å². The van der Waals surface area contributed by atoms with E-state index in [1.165, 1.54) is 6.07 Å². The molecule has 0 saturated heterocycles. The van der Waals surface area contributed by atoms with E-state index in [0.29, 0.717) is 28.8 Å². The summed E-state index contributed by atoms with van der Waals surface area (Å²) in [7, 11) is -3.58. The first-order chi connectivity index (χ1) is 12.8. The van der Waals surface area contributed by atoms with Crippen LogP contribution in [-0.2, 0) is 20.6 Å². The average molecular weight is 431 g/mol. The number of anilines is 1. The number of amides is 1. The van der Waals surface area contributed by atoms with E-state index in [1.54, 1.807) is 30.2 Å². The van der Waals surface area contributed by atoms with Crippen LogP contribution in [0.25, 0.3) is 0 Å². The molecule has 1 aliphatic heterocycles. The van der Waals surface area contributed by atoms with Gasteiger partial charge >= 0.3 is 0 Å². The number of carbonyl (C=O) groups is 1. The second-order valence-electron chi connectivity index (χ2n) is 5.94. The van der Waals surface area contributed by atoms with Gasteiger partial charge < -0.3 is 14.5 Å². The SMILES string of the molecule is CS(=O)(=O)N1C[C@H](C(=O)NCCSCc2ccco2)Oc2ccc(Cl)cc21. The maximum Gasteiger partial charge on any atom is 0.263 e. The lowest BCUT2D eigenvalue weighted by atomic mass is 10.2. The standard InChI is InChI=1S/C17H19ClN2O5S2/c1-27(22,23)20-10-16(25-15-5-4-12(18)9-14(15)20)17(21)19-6-8-26-11-13-3-2-7-24-13/h2-5,7,9,16H,6,8,10-11H2,1H3,(H,19,21)/t16-/m1/s1. The topological polar surface area (TPSA) is 88.9 Å². The van der Waals surface area contributed by atoms with Gasteiger partial charge in [0.1, 0.15) is 11.5 Å². The van der Waals surface area contributed by atoms with Crippen LogP contribution in [0.4, 0.5) is 5.69 Å². The van der Waals surface area contributed by atoms with E-state index in [-0.39, 0.29) is 12.5 Å². The Hall–Kier alpha value is -1.84. The molecule has 1 N–H and O–H groups in total. The van der Waals surface area contributed by atoms with Crippen LogP contribution in [0.5, 0.6) is 5.75 Å². The zero-order chi connectivity index (χ0) is 19.4. The van der Waals surface area contributed by atoms with Gasteiger partial charge in [0, 0.05) is 17.3 Å². The van der Waals surface area contributed by atoms with Gasteiger partial charge in [-0.1, -0.05) is 11.6 Å². The van der Waals surface area contributed by atoms with Crippen LogP contribution < -0.4 is 14.4 Å². The Kier molecular flexibility index (Phi) is 6.23. The number of rotatable bonds is 7. The lowest BCUT2D eigenvalue weighted by molar-refractivity contribution is -0.127. The second kappa shape index (κ2) is 8.45. The molecule has 10 heteroatoms. The number of halogens is 1. The highest BCUT2D eigenvalue weighted by Gasteiger charge is 2.35. The number of nitrogens with zero attached hydrogens (tertiary/aromatic N) is 1. The van der Waals surface area contributed by atoms with Crippen LogP contribution in [0.3, 0.4) is 0 Å². The van der Waals surface area contributed by atoms with Crippen molar-refractivity contribution in [2.24, 2.45) is 0 Å². The molecule has 3 rings (SSSR count). The molecule has 2 heterocycles. The summed E-state index contributed by atoms with van der Waals surface area (Å²) < 4.78 is 36.3. The van der Waals surface area contributed by atoms with Crippen molar-refractivity contribution in [2.45, 2.75) is 11.9 Å². The maximum absolute atomic E-state index is 12.4. The molecule has 1 amide bonds. The third kappa shape index (κ3) is 5.12. The molecule has 1 atom stereocenters. The average Bonchev–Trinajstić information content (AvgIpc) is 3.13. The number of benzene rings is 1. The fourth-order valence-corrected chi connectivity index (χ4v) is 4.43. The van der Waals surface area contributed by atoms with Gasteiger partial charge in [-0.05, 0) is 30.3 Å². The molecular formula is C17H19ClN2O5S2. The van der Waals surface area contributed by atoms with E-state index in [0.717, 1.165) is 22.1 Å². The van der Waals surface area contributed by atoms with E-state index in [9.17, 15) is 13.2 Å². The van der Waals surface area contributed by atoms with Crippen LogP contribution in [-0.4, -0.2) is 45.5 Å². The van der Waals surface area contributed by atoms with Gasteiger partial charge in [-0.3, -0.25) is 9.10 Å². The minimum absolute atomic E-state index is 0.0997. The van der Waals surface area contributed by atoms with Crippen LogP contribution in [0, 0.1) is 0 Å². The largest absolute Gasteiger partial charge is 0.476 e. The number of sulfonamides is 1. The highest BCUT2D eigenvalue weighted by Crippen LogP contribution is 2.37. The first kappa shape index (κ1) is 19.9. The summed E-state index contributed by atoms with van der Waals surface area (Å²) in [5.74, 6) is 2.24. The summed E-state index contributed by atoms with van der Waals surface area (Å²) in [6.07, 6.45) is 1.78. The summed E-state index contributed by atoms with van der Waals surface area (Å²) >= 11 is 7.59. The highest BCUT2D eigenvalue weighted by molar-refractivity contribution is 7.98. The Morgan fingerprint density at radius 1 is 1.41 bits per heavy atom. The summed E-state index contributed by atoms with van der Waals surface area (Å²) in [5, 5.41) is 3.17. The molecule has 1 aromatic carbocycles. The molecule has 0 fully saturated rings. The Bertz CT molecular complexity index is 902. The molecule has 0 saturated carbocycles. The monoisotopic (exact) mass is 430 g/mol. The van der Waals surface area contributed by atoms with E-state index >= 15 is 0 Å². The van der Waals surface area contributed by atoms with Gasteiger partial charge in [-0.25, -0.2) is 8.42 Å². The number of nitrogens with one attached hydrogen (secondary N) is 1. The van der Waals surface area contributed by atoms with Gasteiger partial charge in [0.15, 0.2) is 6.10 Å². The molecule has 2 aromatic rings. The summed E-state index contributed by atoms with van der Waals surface area (Å²) in [6, 6.07) is 8.39. The number of thioether (sulfide) groups is 1. The van der Waals surface area contributed by atoms with Crippen LogP contribution in [0.2, 0.25) is 5.02 Å². The number of fused-ring (bicyclic) bond motifs is 1. The third-order valence-corrected chi connectivity index (χ3v) is 6.22. The quantitative estimate of drug-likeness (QED) is 0.679. The summed E-state index contributed by atoms with van der Waals surface area (Å²) in [5.41, 5.74) is 0.336. The number of ether oxygens (including phenoxy) is 1. The smallest absolute Gasteiger partial charge is 0.263 e. The van der Waals surface area contributed by atoms with E-state index in [1.807, 2.05) is 12.1 Å². The Morgan fingerprint density at radius 2 is 2.22 bits per heavy atom. The highest BCUT2D eigenvalue weighted by atomic mass is 35.5. The third-order valence-electron chi connectivity index (χ3n) is 3.85. The van der Waals surface area contributed by atoms with Crippen molar-refractivity contribution in [1.82, 2.24) is 5.32 Å². The summed E-state index contributed by atoms with van der Waals surface area (Å²) in [4.78, 5) is 12.4. The second-order valence-corrected chi connectivity index (χ2v) is 9.38. The lowest BCUT2D eigenvalue weighted by Gasteiger charge is -2.34. The van der Waals surface area contributed by atoms with Crippen molar-refractivity contribution in [3.05, 3.63) is 47.4 Å². The van der Waals surface area contributed by atoms with Gasteiger partial charge in [0.2, 0.25) is 10.0 Å². The van der Waals surface area contributed by atoms with E-state index in [2.05, 4.69) is 5.32 Å². The number of hydrogen-bond acceptors (Lipinski definition) is 6. The van der Waals surface area contributed by atoms with Gasteiger partial charge in [-0.2, -0.15) is 11.8 Å². The van der Waals surface area contributed by atoms with Crippen molar-refractivity contribution in [1.29, 1.82) is 0 Å². The van der Waals surface area contributed by atoms with Crippen molar-refractivity contribution >= 4 is 45.0 Å². The molecule has 7 nitrogen and oxygen atoms in total. The first-order valence-electron chi connectivity index (χ1n) is 8.16. The number of furan rings is 1. The Labute approximate surface area is 167 Å². The van der Waals surface area contributed by atoms with Crippen LogP contribution in [0.15, 0.2) is 41.0 Å². The van der Waals surface area contributed by atoms with Crippen molar-refractivity contribution < 1.29 is 22.4 Å². The molecule has 0 bridgehead atoms. The van der Waals surface area contributed by atoms with Gasteiger partial charge in [-0.15, -0.1) is 0 Å². The normalized spacial score (nSPS) is 16.5. The minimum atomic E-state index is -3.58. The zero-order valence-electron chi connectivity index (χ0n) is 14.6. The molecule has 0 radical (unpaired) electrons. The van der Waals surface area contributed by atoms with Crippen molar-refractivity contribution in [3.8, 4) is 5.75 Å². The summed E-state index contributed by atoms with van der Waals surface area (Å²) in [6.45, 7) is 0.341. The molecule has 0 unspecified atom stereocenters. The van der Waals surface area contributed by atoms with E-state index in [4.69, 9.17) is 20.8 Å². The molecular weight excluding hydrogens is 412 g/mol. The Morgan fingerprint density at radius 3 is 2.93 bits per heavy atom. The molecule has 1 aromatic heterocycles. The molecule has 146 valence electrons. The predicted octanol–water partition coefficient (Wildman–Crippen LogP) is 2.51. The Balaban J connectivity index is 1.58. The van der Waals surface area contributed by atoms with Gasteiger partial charge in [0.25, 0.3) is 5.91 Å². The fourth-order valence-electron chi connectivity index (χ4n) is 2.60. The maximum atomic E-state index is 12.4. The molecule has 1 aliphatic rings. The number of hydrogen-bond donors (Lipinski definition) is 1. The first-order valence-corrected chi connectivity index (χ1v) is 11.5. The molecule has 0 spiro atoms.